The topological polar surface area (TPSA) is 75.8 Å². The molecule has 0 aliphatic carbocycles. The number of anilines is 1. The summed E-state index contributed by atoms with van der Waals surface area (Å²) in [6.07, 6.45) is -2.07. The van der Waals surface area contributed by atoms with Gasteiger partial charge >= 0.3 is 0 Å². The lowest BCUT2D eigenvalue weighted by Crippen LogP contribution is -2.32. The number of carbonyl (C=O) groups is 1. The number of nitrogens with zero attached hydrogens (tertiary/aromatic N) is 3. The van der Waals surface area contributed by atoms with Crippen molar-refractivity contribution in [3.8, 4) is 0 Å². The van der Waals surface area contributed by atoms with E-state index in [2.05, 4.69) is 20.9 Å². The number of carbonyl (C=O) groups excluding carboxylic acids is 1. The first kappa shape index (κ1) is 16.3. The number of rotatable bonds is 2. The van der Waals surface area contributed by atoms with Gasteiger partial charge in [-0.3, -0.25) is 14.9 Å². The van der Waals surface area contributed by atoms with E-state index in [0.717, 1.165) is 9.37 Å². The SMILES string of the molecule is CN1C(=O)C(F)N=C(c2cccc(Br)c2)c2cc([N+](=O)[O-])ccc21. The number of likely N-dealkylation sites (N-methyl/N-ethyl adjacent to an activating group) is 1. The Morgan fingerprint density at radius 2 is 2.04 bits per heavy atom. The molecular formula is C16H11BrFN3O3. The Balaban J connectivity index is 2.29. The van der Waals surface area contributed by atoms with Crippen LogP contribution in [0.4, 0.5) is 15.8 Å². The number of non-ortho nitro benzene ring substituents is 1. The van der Waals surface area contributed by atoms with Crippen molar-refractivity contribution in [1.82, 2.24) is 0 Å². The highest BCUT2D eigenvalue weighted by Crippen LogP contribution is 2.31. The van der Waals surface area contributed by atoms with Crippen LogP contribution in [-0.2, 0) is 4.79 Å². The molecule has 1 unspecified atom stereocenters. The molecule has 122 valence electrons. The number of fused-ring (bicyclic) bond motifs is 1. The maximum Gasteiger partial charge on any atom is 0.284 e. The second-order valence-corrected chi connectivity index (χ2v) is 6.10. The molecule has 3 rings (SSSR count). The summed E-state index contributed by atoms with van der Waals surface area (Å²) in [7, 11) is 1.42. The van der Waals surface area contributed by atoms with Gasteiger partial charge in [0.05, 0.1) is 16.3 Å². The van der Waals surface area contributed by atoms with Crippen molar-refractivity contribution in [2.75, 3.05) is 11.9 Å². The van der Waals surface area contributed by atoms with Gasteiger partial charge in [0, 0.05) is 34.8 Å². The van der Waals surface area contributed by atoms with Crippen molar-refractivity contribution in [2.45, 2.75) is 6.30 Å². The van der Waals surface area contributed by atoms with Crippen molar-refractivity contribution in [3.63, 3.8) is 0 Å². The molecule has 0 radical (unpaired) electrons. The molecule has 0 saturated carbocycles. The number of aliphatic imine (C=N–C) groups is 1. The van der Waals surface area contributed by atoms with E-state index in [-0.39, 0.29) is 11.4 Å². The molecule has 1 heterocycles. The summed E-state index contributed by atoms with van der Waals surface area (Å²) in [4.78, 5) is 27.6. The van der Waals surface area contributed by atoms with E-state index in [4.69, 9.17) is 0 Å². The highest BCUT2D eigenvalue weighted by atomic mass is 79.9. The Morgan fingerprint density at radius 3 is 2.71 bits per heavy atom. The van der Waals surface area contributed by atoms with Gasteiger partial charge in [-0.2, -0.15) is 0 Å². The maximum absolute atomic E-state index is 14.2. The Morgan fingerprint density at radius 1 is 1.29 bits per heavy atom. The number of nitro benzene ring substituents is 1. The summed E-state index contributed by atoms with van der Waals surface area (Å²) in [5.41, 5.74) is 1.29. The second kappa shape index (κ2) is 6.12. The fourth-order valence-corrected chi connectivity index (χ4v) is 2.90. The van der Waals surface area contributed by atoms with Gasteiger partial charge in [0.15, 0.2) is 0 Å². The second-order valence-electron chi connectivity index (χ2n) is 5.18. The van der Waals surface area contributed by atoms with Gasteiger partial charge in [0.1, 0.15) is 0 Å². The minimum Gasteiger partial charge on any atom is -0.311 e. The van der Waals surface area contributed by atoms with E-state index in [1.807, 2.05) is 0 Å². The summed E-state index contributed by atoms with van der Waals surface area (Å²) in [6, 6.07) is 11.0. The van der Waals surface area contributed by atoms with Gasteiger partial charge in [-0.05, 0) is 18.2 Å². The lowest BCUT2D eigenvalue weighted by molar-refractivity contribution is -0.384. The van der Waals surface area contributed by atoms with Crippen LogP contribution < -0.4 is 4.90 Å². The van der Waals surface area contributed by atoms with E-state index in [1.165, 1.54) is 25.2 Å². The molecular weight excluding hydrogens is 381 g/mol. The molecule has 1 aliphatic rings. The molecule has 2 aromatic rings. The number of halogens is 2. The maximum atomic E-state index is 14.2. The molecule has 0 saturated heterocycles. The van der Waals surface area contributed by atoms with Gasteiger partial charge in [-0.15, -0.1) is 0 Å². The van der Waals surface area contributed by atoms with Gasteiger partial charge < -0.3 is 4.90 Å². The first-order valence-electron chi connectivity index (χ1n) is 6.92. The summed E-state index contributed by atoms with van der Waals surface area (Å²) < 4.78 is 15.0. The van der Waals surface area contributed by atoms with Gasteiger partial charge in [-0.25, -0.2) is 9.38 Å². The Hall–Kier alpha value is -2.61. The van der Waals surface area contributed by atoms with Crippen molar-refractivity contribution in [3.05, 3.63) is 68.2 Å². The van der Waals surface area contributed by atoms with E-state index >= 15 is 0 Å². The number of hydrogen-bond acceptors (Lipinski definition) is 4. The average Bonchev–Trinajstić information content (AvgIpc) is 2.65. The molecule has 24 heavy (non-hydrogen) atoms. The predicted octanol–water partition coefficient (Wildman–Crippen LogP) is 3.47. The van der Waals surface area contributed by atoms with Crippen LogP contribution in [0.15, 0.2) is 51.9 Å². The lowest BCUT2D eigenvalue weighted by Gasteiger charge is -2.18. The molecule has 1 atom stereocenters. The largest absolute Gasteiger partial charge is 0.311 e. The zero-order valence-electron chi connectivity index (χ0n) is 12.4. The highest BCUT2D eigenvalue weighted by Gasteiger charge is 2.30. The zero-order valence-corrected chi connectivity index (χ0v) is 14.0. The Labute approximate surface area is 144 Å². The standard InChI is InChI=1S/C16H11BrFN3O3/c1-20-13-6-5-11(21(23)24)8-12(13)14(19-15(18)16(20)22)9-3-2-4-10(17)7-9/h2-8,15H,1H3. The fraction of sp³-hybridized carbons (Fsp3) is 0.125. The van der Waals surface area contributed by atoms with E-state index in [0.29, 0.717) is 16.8 Å². The minimum absolute atomic E-state index is 0.158. The molecule has 1 amide bonds. The molecule has 6 nitrogen and oxygen atoms in total. The molecule has 0 fully saturated rings. The molecule has 0 bridgehead atoms. The Bertz CT molecular complexity index is 885. The molecule has 0 aromatic heterocycles. The fourth-order valence-electron chi connectivity index (χ4n) is 2.50. The van der Waals surface area contributed by atoms with Gasteiger partial charge in [-0.1, -0.05) is 28.1 Å². The summed E-state index contributed by atoms with van der Waals surface area (Å²) in [5.74, 6) is -0.824. The van der Waals surface area contributed by atoms with Crippen molar-refractivity contribution >= 4 is 38.9 Å². The van der Waals surface area contributed by atoms with E-state index < -0.39 is 17.1 Å². The molecule has 0 N–H and O–H groups in total. The molecule has 8 heteroatoms. The van der Waals surface area contributed by atoms with Crippen molar-refractivity contribution < 1.29 is 14.1 Å². The predicted molar refractivity (Wildman–Crippen MR) is 91.2 cm³/mol. The van der Waals surface area contributed by atoms with Crippen LogP contribution in [0.5, 0.6) is 0 Å². The van der Waals surface area contributed by atoms with Gasteiger partial charge in [0.2, 0.25) is 0 Å². The first-order valence-corrected chi connectivity index (χ1v) is 7.72. The normalized spacial score (nSPS) is 17.1. The van der Waals surface area contributed by atoms with Crippen LogP contribution >= 0.6 is 15.9 Å². The number of amides is 1. The number of benzene rings is 2. The summed E-state index contributed by atoms with van der Waals surface area (Å²) in [6.45, 7) is 0. The summed E-state index contributed by atoms with van der Waals surface area (Å²) >= 11 is 3.33. The van der Waals surface area contributed by atoms with E-state index in [9.17, 15) is 19.3 Å². The number of nitro groups is 1. The number of benzodiazepines with no additional fused rings is 1. The monoisotopic (exact) mass is 391 g/mol. The quantitative estimate of drug-likeness (QED) is 0.446. The van der Waals surface area contributed by atoms with Crippen molar-refractivity contribution in [1.29, 1.82) is 0 Å². The van der Waals surface area contributed by atoms with Crippen LogP contribution in [0.25, 0.3) is 0 Å². The first-order chi connectivity index (χ1) is 11.4. The average molecular weight is 392 g/mol. The third kappa shape index (κ3) is 2.80. The number of hydrogen-bond donors (Lipinski definition) is 0. The van der Waals surface area contributed by atoms with Crippen LogP contribution in [-0.4, -0.2) is 29.9 Å². The van der Waals surface area contributed by atoms with Crippen LogP contribution in [0.3, 0.4) is 0 Å². The Kier molecular flexibility index (Phi) is 4.15. The lowest BCUT2D eigenvalue weighted by atomic mass is 9.99. The van der Waals surface area contributed by atoms with E-state index in [1.54, 1.807) is 24.3 Å². The molecule has 0 spiro atoms. The third-order valence-electron chi connectivity index (χ3n) is 3.68. The van der Waals surface area contributed by atoms with Gasteiger partial charge in [0.25, 0.3) is 17.9 Å². The minimum atomic E-state index is -2.07. The third-order valence-corrected chi connectivity index (χ3v) is 4.18. The van der Waals surface area contributed by atoms with Crippen LogP contribution in [0.2, 0.25) is 0 Å². The molecule has 1 aliphatic heterocycles. The smallest absolute Gasteiger partial charge is 0.284 e. The number of alkyl halides is 1. The van der Waals surface area contributed by atoms with Crippen molar-refractivity contribution in [2.24, 2.45) is 4.99 Å². The van der Waals surface area contributed by atoms with Crippen LogP contribution in [0.1, 0.15) is 11.1 Å². The van der Waals surface area contributed by atoms with Crippen LogP contribution in [0, 0.1) is 10.1 Å². The highest BCUT2D eigenvalue weighted by molar-refractivity contribution is 9.10. The molecule has 2 aromatic carbocycles. The summed E-state index contributed by atoms with van der Waals surface area (Å²) in [5, 5.41) is 11.1. The zero-order chi connectivity index (χ0) is 17.4.